The molecule has 0 bridgehead atoms. The van der Waals surface area contributed by atoms with E-state index in [9.17, 15) is 4.79 Å². The third-order valence-corrected chi connectivity index (χ3v) is 2.53. The standard InChI is InChI=1S/C13H15N3O2/c1-13(2,7-11(17)18)16-12-14-8-9-5-3-4-6-10(9)15-12/h3-6,8H,7H2,1-2H3,(H,17,18)(H,14,15,16). The number of rotatable bonds is 4. The van der Waals surface area contributed by atoms with Crippen LogP contribution in [0.2, 0.25) is 0 Å². The molecule has 2 N–H and O–H groups in total. The minimum absolute atomic E-state index is 0.00316. The third-order valence-electron chi connectivity index (χ3n) is 2.53. The Morgan fingerprint density at radius 1 is 1.39 bits per heavy atom. The second-order valence-electron chi connectivity index (χ2n) is 4.83. The Morgan fingerprint density at radius 2 is 2.11 bits per heavy atom. The van der Waals surface area contributed by atoms with Gasteiger partial charge in [-0.3, -0.25) is 4.79 Å². The van der Waals surface area contributed by atoms with Crippen LogP contribution in [0.25, 0.3) is 10.9 Å². The van der Waals surface area contributed by atoms with Gasteiger partial charge >= 0.3 is 5.97 Å². The molecule has 0 aliphatic carbocycles. The van der Waals surface area contributed by atoms with Crippen LogP contribution in [-0.2, 0) is 4.79 Å². The fourth-order valence-corrected chi connectivity index (χ4v) is 1.76. The molecule has 5 nitrogen and oxygen atoms in total. The first kappa shape index (κ1) is 12.3. The van der Waals surface area contributed by atoms with Crippen LogP contribution in [0.1, 0.15) is 20.3 Å². The molecule has 1 aromatic carbocycles. The number of nitrogens with zero attached hydrogens (tertiary/aromatic N) is 2. The number of carboxylic acids is 1. The molecular weight excluding hydrogens is 230 g/mol. The zero-order valence-corrected chi connectivity index (χ0v) is 10.3. The lowest BCUT2D eigenvalue weighted by molar-refractivity contribution is -0.137. The number of aromatic nitrogens is 2. The summed E-state index contributed by atoms with van der Waals surface area (Å²) in [7, 11) is 0. The molecule has 0 saturated carbocycles. The van der Waals surface area contributed by atoms with E-state index < -0.39 is 11.5 Å². The molecule has 0 saturated heterocycles. The average Bonchev–Trinajstić information content (AvgIpc) is 2.26. The van der Waals surface area contributed by atoms with Crippen molar-refractivity contribution < 1.29 is 9.90 Å². The van der Waals surface area contributed by atoms with E-state index in [0.717, 1.165) is 10.9 Å². The summed E-state index contributed by atoms with van der Waals surface area (Å²) >= 11 is 0. The number of fused-ring (bicyclic) bond motifs is 1. The number of hydrogen-bond acceptors (Lipinski definition) is 4. The molecule has 0 atom stereocenters. The molecule has 5 heteroatoms. The summed E-state index contributed by atoms with van der Waals surface area (Å²) in [5, 5.41) is 12.8. The van der Waals surface area contributed by atoms with E-state index >= 15 is 0 Å². The highest BCUT2D eigenvalue weighted by Crippen LogP contribution is 2.17. The predicted octanol–water partition coefficient (Wildman–Crippen LogP) is 2.29. The van der Waals surface area contributed by atoms with Crippen molar-refractivity contribution in [1.82, 2.24) is 9.97 Å². The van der Waals surface area contributed by atoms with Crippen molar-refractivity contribution in [2.24, 2.45) is 0 Å². The van der Waals surface area contributed by atoms with Gasteiger partial charge in [-0.2, -0.15) is 0 Å². The van der Waals surface area contributed by atoms with Gasteiger partial charge in [0.05, 0.1) is 11.9 Å². The van der Waals surface area contributed by atoms with Gasteiger partial charge in [-0.25, -0.2) is 9.97 Å². The smallest absolute Gasteiger partial charge is 0.305 e. The van der Waals surface area contributed by atoms with Gasteiger partial charge in [-0.1, -0.05) is 18.2 Å². The Morgan fingerprint density at radius 3 is 2.83 bits per heavy atom. The first-order chi connectivity index (χ1) is 8.46. The van der Waals surface area contributed by atoms with Gasteiger partial charge in [0, 0.05) is 17.1 Å². The minimum atomic E-state index is -0.853. The van der Waals surface area contributed by atoms with Gasteiger partial charge in [0.1, 0.15) is 0 Å². The molecule has 1 heterocycles. The molecule has 18 heavy (non-hydrogen) atoms. The van der Waals surface area contributed by atoms with E-state index in [0.29, 0.717) is 5.95 Å². The molecule has 0 fully saturated rings. The maximum atomic E-state index is 10.7. The van der Waals surface area contributed by atoms with Crippen molar-refractivity contribution >= 4 is 22.8 Å². The largest absolute Gasteiger partial charge is 0.481 e. The van der Waals surface area contributed by atoms with Crippen molar-refractivity contribution in [3.05, 3.63) is 30.5 Å². The van der Waals surface area contributed by atoms with Crippen molar-refractivity contribution in [3.63, 3.8) is 0 Å². The van der Waals surface area contributed by atoms with Crippen LogP contribution in [0, 0.1) is 0 Å². The Balaban J connectivity index is 2.24. The van der Waals surface area contributed by atoms with Gasteiger partial charge in [0.15, 0.2) is 0 Å². The number of nitrogens with one attached hydrogen (secondary N) is 1. The number of anilines is 1. The number of benzene rings is 1. The SMILES string of the molecule is CC(C)(CC(=O)O)Nc1ncc2ccccc2n1. The predicted molar refractivity (Wildman–Crippen MR) is 69.5 cm³/mol. The van der Waals surface area contributed by atoms with Crippen LogP contribution in [0.5, 0.6) is 0 Å². The quantitative estimate of drug-likeness (QED) is 0.864. The summed E-state index contributed by atoms with van der Waals surface area (Å²) in [6.45, 7) is 3.61. The number of para-hydroxylation sites is 1. The van der Waals surface area contributed by atoms with E-state index in [1.54, 1.807) is 20.0 Å². The molecule has 0 aliphatic rings. The van der Waals surface area contributed by atoms with Crippen molar-refractivity contribution in [2.45, 2.75) is 25.8 Å². The van der Waals surface area contributed by atoms with Crippen molar-refractivity contribution in [1.29, 1.82) is 0 Å². The number of carboxylic acid groups (broad SMARTS) is 1. The minimum Gasteiger partial charge on any atom is -0.481 e. The highest BCUT2D eigenvalue weighted by molar-refractivity contribution is 5.78. The highest BCUT2D eigenvalue weighted by Gasteiger charge is 2.22. The maximum absolute atomic E-state index is 10.7. The number of aliphatic carboxylic acids is 1. The van der Waals surface area contributed by atoms with Crippen LogP contribution < -0.4 is 5.32 Å². The first-order valence-corrected chi connectivity index (χ1v) is 5.68. The lowest BCUT2D eigenvalue weighted by atomic mass is 10.0. The van der Waals surface area contributed by atoms with Crippen molar-refractivity contribution in [2.75, 3.05) is 5.32 Å². The Hall–Kier alpha value is -2.17. The summed E-state index contributed by atoms with van der Waals surface area (Å²) in [6.07, 6.45) is 1.73. The molecule has 0 amide bonds. The maximum Gasteiger partial charge on any atom is 0.305 e. The fraction of sp³-hybridized carbons (Fsp3) is 0.308. The van der Waals surface area contributed by atoms with Gasteiger partial charge in [0.25, 0.3) is 0 Å². The zero-order valence-electron chi connectivity index (χ0n) is 10.3. The molecule has 1 aromatic heterocycles. The summed E-state index contributed by atoms with van der Waals surface area (Å²) < 4.78 is 0. The first-order valence-electron chi connectivity index (χ1n) is 5.68. The Bertz CT molecular complexity index is 581. The number of carbonyl (C=O) groups is 1. The van der Waals surface area contributed by atoms with Crippen LogP contribution in [0.15, 0.2) is 30.5 Å². The molecule has 0 aliphatic heterocycles. The number of hydrogen-bond donors (Lipinski definition) is 2. The fourth-order valence-electron chi connectivity index (χ4n) is 1.76. The van der Waals surface area contributed by atoms with Crippen LogP contribution in [-0.4, -0.2) is 26.6 Å². The highest BCUT2D eigenvalue weighted by atomic mass is 16.4. The molecule has 2 rings (SSSR count). The topological polar surface area (TPSA) is 75.1 Å². The molecule has 0 spiro atoms. The second-order valence-corrected chi connectivity index (χ2v) is 4.83. The van der Waals surface area contributed by atoms with Gasteiger partial charge < -0.3 is 10.4 Å². The third kappa shape index (κ3) is 2.94. The lowest BCUT2D eigenvalue weighted by Gasteiger charge is -2.24. The van der Waals surface area contributed by atoms with Crippen LogP contribution in [0.4, 0.5) is 5.95 Å². The van der Waals surface area contributed by atoms with Crippen LogP contribution >= 0.6 is 0 Å². The normalized spacial score (nSPS) is 11.4. The van der Waals surface area contributed by atoms with E-state index in [4.69, 9.17) is 5.11 Å². The second kappa shape index (κ2) is 4.60. The van der Waals surface area contributed by atoms with Gasteiger partial charge in [0.2, 0.25) is 5.95 Å². The summed E-state index contributed by atoms with van der Waals surface area (Å²) in [5.74, 6) is -0.409. The van der Waals surface area contributed by atoms with E-state index in [-0.39, 0.29) is 6.42 Å². The molecule has 0 radical (unpaired) electrons. The summed E-state index contributed by atoms with van der Waals surface area (Å²) in [5.41, 5.74) is 0.245. The van der Waals surface area contributed by atoms with Crippen molar-refractivity contribution in [3.8, 4) is 0 Å². The monoisotopic (exact) mass is 245 g/mol. The molecule has 94 valence electrons. The van der Waals surface area contributed by atoms with E-state index in [1.807, 2.05) is 24.3 Å². The Kier molecular flexibility index (Phi) is 3.14. The van der Waals surface area contributed by atoms with Gasteiger partial charge in [-0.15, -0.1) is 0 Å². The van der Waals surface area contributed by atoms with Gasteiger partial charge in [-0.05, 0) is 19.9 Å². The Labute approximate surface area is 105 Å². The molecule has 0 unspecified atom stereocenters. The van der Waals surface area contributed by atoms with E-state index in [2.05, 4.69) is 15.3 Å². The average molecular weight is 245 g/mol. The summed E-state index contributed by atoms with van der Waals surface area (Å²) in [4.78, 5) is 19.3. The zero-order chi connectivity index (χ0) is 13.2. The van der Waals surface area contributed by atoms with E-state index in [1.165, 1.54) is 0 Å². The lowest BCUT2D eigenvalue weighted by Crippen LogP contribution is -2.34. The van der Waals surface area contributed by atoms with Crippen LogP contribution in [0.3, 0.4) is 0 Å². The molecular formula is C13H15N3O2. The molecule has 2 aromatic rings. The summed E-state index contributed by atoms with van der Waals surface area (Å²) in [6, 6.07) is 7.66.